The van der Waals surface area contributed by atoms with Crippen molar-refractivity contribution in [3.05, 3.63) is 53.6 Å². The van der Waals surface area contributed by atoms with Crippen LogP contribution in [0.5, 0.6) is 11.5 Å². The van der Waals surface area contributed by atoms with Crippen LogP contribution in [-0.2, 0) is 19.6 Å². The highest BCUT2D eigenvalue weighted by atomic mass is 32.2. The number of nitrogens with zero attached hydrogens (tertiary/aromatic N) is 1. The number of amides is 1. The SMILES string of the molecule is O=C(CNC(=O)c1ccc2c(c1)OCO2)OCC(=O)c1ccc(S(=O)(=O)N2CCCC2)cc1. The number of ketones is 1. The fourth-order valence-corrected chi connectivity index (χ4v) is 4.98. The third kappa shape index (κ3) is 5.15. The molecule has 0 unspecified atom stereocenters. The van der Waals surface area contributed by atoms with Gasteiger partial charge in [-0.1, -0.05) is 0 Å². The number of nitrogens with one attached hydrogen (secondary N) is 1. The molecule has 11 heteroatoms. The highest BCUT2D eigenvalue weighted by Gasteiger charge is 2.27. The number of sulfonamides is 1. The van der Waals surface area contributed by atoms with Gasteiger partial charge in [0.1, 0.15) is 6.54 Å². The van der Waals surface area contributed by atoms with Gasteiger partial charge in [0.05, 0.1) is 4.90 Å². The number of Topliss-reactive ketones (excluding diaryl/α,β-unsaturated/α-hetero) is 1. The van der Waals surface area contributed by atoms with Crippen molar-refractivity contribution in [1.82, 2.24) is 9.62 Å². The van der Waals surface area contributed by atoms with Crippen LogP contribution in [0.3, 0.4) is 0 Å². The Morgan fingerprint density at radius 1 is 0.939 bits per heavy atom. The number of rotatable bonds is 8. The molecule has 1 fully saturated rings. The number of hydrogen-bond donors (Lipinski definition) is 1. The second-order valence-corrected chi connectivity index (χ2v) is 9.41. The van der Waals surface area contributed by atoms with Gasteiger partial charge in [-0.15, -0.1) is 0 Å². The molecule has 10 nitrogen and oxygen atoms in total. The molecule has 2 aromatic rings. The van der Waals surface area contributed by atoms with E-state index in [4.69, 9.17) is 14.2 Å². The molecule has 1 amide bonds. The molecule has 0 atom stereocenters. The van der Waals surface area contributed by atoms with Crippen LogP contribution in [0.4, 0.5) is 0 Å². The van der Waals surface area contributed by atoms with Gasteiger partial charge >= 0.3 is 5.97 Å². The summed E-state index contributed by atoms with van der Waals surface area (Å²) in [6, 6.07) is 10.1. The monoisotopic (exact) mass is 474 g/mol. The van der Waals surface area contributed by atoms with Crippen molar-refractivity contribution in [2.24, 2.45) is 0 Å². The molecule has 0 radical (unpaired) electrons. The summed E-state index contributed by atoms with van der Waals surface area (Å²) in [5, 5.41) is 2.41. The third-order valence-electron chi connectivity index (χ3n) is 5.27. The number of hydrogen-bond acceptors (Lipinski definition) is 8. The van der Waals surface area contributed by atoms with E-state index in [2.05, 4.69) is 5.32 Å². The smallest absolute Gasteiger partial charge is 0.325 e. The lowest BCUT2D eigenvalue weighted by atomic mass is 10.1. The van der Waals surface area contributed by atoms with Crippen LogP contribution in [0.1, 0.15) is 33.6 Å². The highest BCUT2D eigenvalue weighted by molar-refractivity contribution is 7.89. The Hall–Kier alpha value is -3.44. The lowest BCUT2D eigenvalue weighted by molar-refractivity contribution is -0.141. The first-order valence-corrected chi connectivity index (χ1v) is 11.8. The summed E-state index contributed by atoms with van der Waals surface area (Å²) in [5.41, 5.74) is 0.500. The number of benzene rings is 2. The highest BCUT2D eigenvalue weighted by Crippen LogP contribution is 2.32. The minimum absolute atomic E-state index is 0.0811. The summed E-state index contributed by atoms with van der Waals surface area (Å²) in [5.74, 6) is -0.811. The zero-order chi connectivity index (χ0) is 23.4. The minimum atomic E-state index is -3.57. The van der Waals surface area contributed by atoms with E-state index in [0.717, 1.165) is 12.8 Å². The first-order chi connectivity index (χ1) is 15.8. The predicted molar refractivity (Wildman–Crippen MR) is 115 cm³/mol. The third-order valence-corrected chi connectivity index (χ3v) is 7.18. The minimum Gasteiger partial charge on any atom is -0.456 e. The Labute approximate surface area is 190 Å². The molecule has 1 saturated heterocycles. The van der Waals surface area contributed by atoms with Crippen molar-refractivity contribution >= 4 is 27.7 Å². The molecule has 2 heterocycles. The molecule has 0 aromatic heterocycles. The zero-order valence-electron chi connectivity index (χ0n) is 17.6. The Morgan fingerprint density at radius 2 is 1.61 bits per heavy atom. The second-order valence-electron chi connectivity index (χ2n) is 7.47. The first kappa shape index (κ1) is 22.7. The summed E-state index contributed by atoms with van der Waals surface area (Å²) in [7, 11) is -3.57. The van der Waals surface area contributed by atoms with Crippen LogP contribution in [0.15, 0.2) is 47.4 Å². The molecule has 2 aliphatic heterocycles. The Bertz CT molecular complexity index is 1170. The van der Waals surface area contributed by atoms with Crippen molar-refractivity contribution in [2.75, 3.05) is 33.0 Å². The molecule has 33 heavy (non-hydrogen) atoms. The number of ether oxygens (including phenoxy) is 3. The topological polar surface area (TPSA) is 128 Å². The van der Waals surface area contributed by atoms with Crippen molar-refractivity contribution in [2.45, 2.75) is 17.7 Å². The summed E-state index contributed by atoms with van der Waals surface area (Å²) >= 11 is 0. The van der Waals surface area contributed by atoms with E-state index in [0.29, 0.717) is 24.6 Å². The van der Waals surface area contributed by atoms with Gasteiger partial charge in [0.15, 0.2) is 23.9 Å². The van der Waals surface area contributed by atoms with Crippen molar-refractivity contribution in [1.29, 1.82) is 0 Å². The number of esters is 1. The number of carbonyl (C=O) groups is 3. The van der Waals surface area contributed by atoms with E-state index < -0.39 is 40.8 Å². The largest absolute Gasteiger partial charge is 0.456 e. The molecule has 4 rings (SSSR count). The molecule has 0 bridgehead atoms. The van der Waals surface area contributed by atoms with E-state index in [1.807, 2.05) is 0 Å². The van der Waals surface area contributed by atoms with Crippen LogP contribution < -0.4 is 14.8 Å². The number of fused-ring (bicyclic) bond motifs is 1. The van der Waals surface area contributed by atoms with Crippen LogP contribution in [0.25, 0.3) is 0 Å². The lowest BCUT2D eigenvalue weighted by Crippen LogP contribution is -2.31. The van der Waals surface area contributed by atoms with E-state index in [-0.39, 0.29) is 22.8 Å². The maximum atomic E-state index is 12.5. The zero-order valence-corrected chi connectivity index (χ0v) is 18.4. The van der Waals surface area contributed by atoms with Crippen molar-refractivity contribution in [3.8, 4) is 11.5 Å². The molecule has 2 aromatic carbocycles. The summed E-state index contributed by atoms with van der Waals surface area (Å²) in [6.07, 6.45) is 1.66. The molecule has 0 saturated carbocycles. The quantitative estimate of drug-likeness (QED) is 0.449. The van der Waals surface area contributed by atoms with Crippen LogP contribution in [-0.4, -0.2) is 63.4 Å². The summed E-state index contributed by atoms with van der Waals surface area (Å²) in [6.45, 7) is 0.108. The van der Waals surface area contributed by atoms with Crippen molar-refractivity contribution < 1.29 is 37.0 Å². The van der Waals surface area contributed by atoms with E-state index in [1.165, 1.54) is 40.7 Å². The van der Waals surface area contributed by atoms with Gasteiger partial charge in [-0.25, -0.2) is 8.42 Å². The maximum Gasteiger partial charge on any atom is 0.325 e. The summed E-state index contributed by atoms with van der Waals surface area (Å²) < 4.78 is 41.8. The molecule has 174 valence electrons. The standard InChI is InChI=1S/C22H22N2O8S/c25-18(15-3-6-17(7-4-15)33(28,29)24-9-1-2-10-24)13-30-21(26)12-23-22(27)16-5-8-19-20(11-16)32-14-31-19/h3-8,11H,1-2,9-10,12-14H2,(H,23,27). The Balaban J connectivity index is 1.25. The summed E-state index contributed by atoms with van der Waals surface area (Å²) in [4.78, 5) is 36.5. The van der Waals surface area contributed by atoms with E-state index >= 15 is 0 Å². The molecule has 0 aliphatic carbocycles. The van der Waals surface area contributed by atoms with Crippen LogP contribution in [0.2, 0.25) is 0 Å². The Morgan fingerprint density at radius 3 is 2.33 bits per heavy atom. The Kier molecular flexibility index (Phi) is 6.61. The molecule has 2 aliphatic rings. The maximum absolute atomic E-state index is 12.5. The second kappa shape index (κ2) is 9.59. The van der Waals surface area contributed by atoms with Gasteiger partial charge in [0, 0.05) is 24.2 Å². The molecule has 1 N–H and O–H groups in total. The average molecular weight is 474 g/mol. The van der Waals surface area contributed by atoms with Gasteiger partial charge in [-0.3, -0.25) is 14.4 Å². The normalized spacial score (nSPS) is 15.3. The molecular formula is C22H22N2O8S. The van der Waals surface area contributed by atoms with Gasteiger partial charge < -0.3 is 19.5 Å². The van der Waals surface area contributed by atoms with Crippen molar-refractivity contribution in [3.63, 3.8) is 0 Å². The fourth-order valence-electron chi connectivity index (χ4n) is 3.46. The average Bonchev–Trinajstić information content (AvgIpc) is 3.53. The first-order valence-electron chi connectivity index (χ1n) is 10.3. The van der Waals surface area contributed by atoms with Crippen LogP contribution in [0, 0.1) is 0 Å². The molecular weight excluding hydrogens is 452 g/mol. The molecule has 0 spiro atoms. The van der Waals surface area contributed by atoms with Gasteiger partial charge in [0.25, 0.3) is 5.91 Å². The van der Waals surface area contributed by atoms with Gasteiger partial charge in [-0.2, -0.15) is 4.31 Å². The van der Waals surface area contributed by atoms with Gasteiger partial charge in [0.2, 0.25) is 16.8 Å². The van der Waals surface area contributed by atoms with E-state index in [1.54, 1.807) is 6.07 Å². The fraction of sp³-hybridized carbons (Fsp3) is 0.318. The predicted octanol–water partition coefficient (Wildman–Crippen LogP) is 1.36. The van der Waals surface area contributed by atoms with Gasteiger partial charge in [-0.05, 0) is 55.3 Å². The number of carbonyl (C=O) groups excluding carboxylic acids is 3. The van der Waals surface area contributed by atoms with Crippen LogP contribution >= 0.6 is 0 Å². The van der Waals surface area contributed by atoms with E-state index in [9.17, 15) is 22.8 Å². The lowest BCUT2D eigenvalue weighted by Gasteiger charge is -2.15.